The molecule has 0 fully saturated rings. The van der Waals surface area contributed by atoms with Crippen LogP contribution in [0.25, 0.3) is 0 Å². The van der Waals surface area contributed by atoms with Crippen LogP contribution in [-0.2, 0) is 5.54 Å². The zero-order chi connectivity index (χ0) is 11.9. The molecule has 16 heavy (non-hydrogen) atoms. The Morgan fingerprint density at radius 2 is 2.06 bits per heavy atom. The molecule has 0 unspecified atom stereocenters. The maximum absolute atomic E-state index is 8.65. The van der Waals surface area contributed by atoms with E-state index in [0.717, 1.165) is 30.8 Å². The molecule has 92 valence electrons. The number of aliphatic hydroxyl groups is 1. The lowest BCUT2D eigenvalue weighted by molar-refractivity contribution is 0.281. The van der Waals surface area contributed by atoms with Crippen molar-refractivity contribution in [3.63, 3.8) is 0 Å². The second kappa shape index (κ2) is 6.99. The number of rotatable bonds is 8. The number of unbranched alkanes of at least 4 members (excludes halogenated alkanes) is 3. The van der Waals surface area contributed by atoms with Gasteiger partial charge in [0.15, 0.2) is 0 Å². The Bertz CT molecular complexity index is 273. The SMILES string of the molecule is CC(C)(NCCCCCCO)c1nccs1. The van der Waals surface area contributed by atoms with Crippen LogP contribution in [0, 0.1) is 0 Å². The summed E-state index contributed by atoms with van der Waals surface area (Å²) in [7, 11) is 0. The summed E-state index contributed by atoms with van der Waals surface area (Å²) in [6.45, 7) is 5.66. The highest BCUT2D eigenvalue weighted by Crippen LogP contribution is 2.21. The van der Waals surface area contributed by atoms with E-state index in [1.165, 1.54) is 6.42 Å². The summed E-state index contributed by atoms with van der Waals surface area (Å²) in [4.78, 5) is 4.34. The lowest BCUT2D eigenvalue weighted by Gasteiger charge is -2.23. The number of thiazole rings is 1. The van der Waals surface area contributed by atoms with Gasteiger partial charge in [-0.2, -0.15) is 0 Å². The summed E-state index contributed by atoms with van der Waals surface area (Å²) in [6, 6.07) is 0. The van der Waals surface area contributed by atoms with Gasteiger partial charge in [-0.1, -0.05) is 12.8 Å². The fourth-order valence-electron chi connectivity index (χ4n) is 1.60. The van der Waals surface area contributed by atoms with Crippen LogP contribution in [0.15, 0.2) is 11.6 Å². The minimum absolute atomic E-state index is 0.0227. The van der Waals surface area contributed by atoms with Crippen LogP contribution in [-0.4, -0.2) is 23.2 Å². The highest BCUT2D eigenvalue weighted by Gasteiger charge is 2.21. The predicted molar refractivity (Wildman–Crippen MR) is 68.7 cm³/mol. The first-order chi connectivity index (χ1) is 7.67. The third-order valence-electron chi connectivity index (χ3n) is 2.62. The van der Waals surface area contributed by atoms with Crippen LogP contribution in [0.3, 0.4) is 0 Å². The fourth-order valence-corrected chi connectivity index (χ4v) is 2.34. The number of hydrogen-bond donors (Lipinski definition) is 2. The molecule has 0 saturated carbocycles. The molecule has 0 amide bonds. The molecule has 0 spiro atoms. The summed E-state index contributed by atoms with van der Waals surface area (Å²) < 4.78 is 0. The Kier molecular flexibility index (Phi) is 5.95. The van der Waals surface area contributed by atoms with Gasteiger partial charge in [0.25, 0.3) is 0 Å². The number of hydrogen-bond acceptors (Lipinski definition) is 4. The molecule has 0 aromatic carbocycles. The number of aliphatic hydroxyl groups excluding tert-OH is 1. The molecule has 1 heterocycles. The van der Waals surface area contributed by atoms with E-state index in [0.29, 0.717) is 6.61 Å². The van der Waals surface area contributed by atoms with E-state index in [1.807, 2.05) is 11.6 Å². The number of nitrogens with zero attached hydrogens (tertiary/aromatic N) is 1. The first-order valence-corrected chi connectivity index (χ1v) is 6.80. The molecule has 0 aliphatic heterocycles. The first kappa shape index (κ1) is 13.6. The van der Waals surface area contributed by atoms with Crippen molar-refractivity contribution in [1.29, 1.82) is 0 Å². The highest BCUT2D eigenvalue weighted by atomic mass is 32.1. The monoisotopic (exact) mass is 242 g/mol. The first-order valence-electron chi connectivity index (χ1n) is 5.92. The minimum Gasteiger partial charge on any atom is -0.396 e. The predicted octanol–water partition coefficient (Wildman–Crippen LogP) is 2.52. The molecule has 0 radical (unpaired) electrons. The van der Waals surface area contributed by atoms with Gasteiger partial charge in [0, 0.05) is 18.2 Å². The van der Waals surface area contributed by atoms with Gasteiger partial charge in [-0.3, -0.25) is 0 Å². The Balaban J connectivity index is 2.17. The molecular weight excluding hydrogens is 220 g/mol. The van der Waals surface area contributed by atoms with Gasteiger partial charge in [0.05, 0.1) is 5.54 Å². The van der Waals surface area contributed by atoms with Crippen molar-refractivity contribution in [2.24, 2.45) is 0 Å². The van der Waals surface area contributed by atoms with E-state index in [9.17, 15) is 0 Å². The Hall–Kier alpha value is -0.450. The quantitative estimate of drug-likeness (QED) is 0.689. The van der Waals surface area contributed by atoms with Gasteiger partial charge < -0.3 is 10.4 Å². The summed E-state index contributed by atoms with van der Waals surface area (Å²) >= 11 is 1.70. The molecule has 0 aliphatic carbocycles. The van der Waals surface area contributed by atoms with Crippen molar-refractivity contribution in [2.45, 2.75) is 45.1 Å². The summed E-state index contributed by atoms with van der Waals surface area (Å²) in [6.07, 6.45) is 6.24. The van der Waals surface area contributed by atoms with Crippen LogP contribution >= 0.6 is 11.3 Å². The number of aromatic nitrogens is 1. The lowest BCUT2D eigenvalue weighted by atomic mass is 10.1. The highest BCUT2D eigenvalue weighted by molar-refractivity contribution is 7.09. The van der Waals surface area contributed by atoms with Crippen molar-refractivity contribution < 1.29 is 5.11 Å². The van der Waals surface area contributed by atoms with Gasteiger partial charge in [0.2, 0.25) is 0 Å². The van der Waals surface area contributed by atoms with Crippen LogP contribution < -0.4 is 5.32 Å². The normalized spacial score (nSPS) is 11.9. The Morgan fingerprint density at radius 3 is 2.69 bits per heavy atom. The molecule has 2 N–H and O–H groups in total. The molecule has 0 saturated heterocycles. The van der Waals surface area contributed by atoms with Crippen LogP contribution in [0.2, 0.25) is 0 Å². The second-order valence-electron chi connectivity index (χ2n) is 4.53. The van der Waals surface area contributed by atoms with Crippen LogP contribution in [0.1, 0.15) is 44.5 Å². The second-order valence-corrected chi connectivity index (χ2v) is 5.42. The van der Waals surface area contributed by atoms with Crippen molar-refractivity contribution in [1.82, 2.24) is 10.3 Å². The molecule has 0 bridgehead atoms. The maximum Gasteiger partial charge on any atom is 0.112 e. The standard InChI is InChI=1S/C12H22N2OS/c1-12(2,11-13-8-10-16-11)14-7-5-3-4-6-9-15/h8,10,14-15H,3-7,9H2,1-2H3. The third-order valence-corrected chi connectivity index (χ3v) is 3.72. The van der Waals surface area contributed by atoms with Gasteiger partial charge >= 0.3 is 0 Å². The topological polar surface area (TPSA) is 45.1 Å². The molecule has 3 nitrogen and oxygen atoms in total. The van der Waals surface area contributed by atoms with Gasteiger partial charge in [-0.15, -0.1) is 11.3 Å². The van der Waals surface area contributed by atoms with Gasteiger partial charge in [-0.25, -0.2) is 4.98 Å². The van der Waals surface area contributed by atoms with E-state index in [2.05, 4.69) is 24.1 Å². The van der Waals surface area contributed by atoms with E-state index < -0.39 is 0 Å². The van der Waals surface area contributed by atoms with Crippen molar-refractivity contribution >= 4 is 11.3 Å². The Morgan fingerprint density at radius 1 is 1.31 bits per heavy atom. The van der Waals surface area contributed by atoms with Gasteiger partial charge in [0.1, 0.15) is 5.01 Å². The summed E-state index contributed by atoms with van der Waals surface area (Å²) in [5.41, 5.74) is -0.0227. The maximum atomic E-state index is 8.65. The number of nitrogens with one attached hydrogen (secondary N) is 1. The fraction of sp³-hybridized carbons (Fsp3) is 0.750. The van der Waals surface area contributed by atoms with Crippen LogP contribution in [0.5, 0.6) is 0 Å². The lowest BCUT2D eigenvalue weighted by Crippen LogP contribution is -2.37. The Labute approximate surface area is 102 Å². The largest absolute Gasteiger partial charge is 0.396 e. The van der Waals surface area contributed by atoms with E-state index in [-0.39, 0.29) is 5.54 Å². The van der Waals surface area contributed by atoms with Gasteiger partial charge in [-0.05, 0) is 33.2 Å². The molecule has 0 atom stereocenters. The molecule has 1 rings (SSSR count). The van der Waals surface area contributed by atoms with E-state index in [1.54, 1.807) is 11.3 Å². The molecular formula is C12H22N2OS. The van der Waals surface area contributed by atoms with E-state index in [4.69, 9.17) is 5.11 Å². The average Bonchev–Trinajstić information content (AvgIpc) is 2.77. The molecule has 1 aromatic rings. The zero-order valence-corrected chi connectivity index (χ0v) is 11.0. The van der Waals surface area contributed by atoms with Crippen LogP contribution in [0.4, 0.5) is 0 Å². The third kappa shape index (κ3) is 4.60. The summed E-state index contributed by atoms with van der Waals surface area (Å²) in [5.74, 6) is 0. The van der Waals surface area contributed by atoms with Crippen molar-refractivity contribution in [2.75, 3.05) is 13.2 Å². The average molecular weight is 242 g/mol. The minimum atomic E-state index is -0.0227. The zero-order valence-electron chi connectivity index (χ0n) is 10.2. The molecule has 0 aliphatic rings. The molecule has 1 aromatic heterocycles. The smallest absolute Gasteiger partial charge is 0.112 e. The van der Waals surface area contributed by atoms with E-state index >= 15 is 0 Å². The summed E-state index contributed by atoms with van der Waals surface area (Å²) in [5, 5.41) is 15.3. The van der Waals surface area contributed by atoms with Crippen molar-refractivity contribution in [3.8, 4) is 0 Å². The molecule has 4 heteroatoms. The van der Waals surface area contributed by atoms with Crippen molar-refractivity contribution in [3.05, 3.63) is 16.6 Å².